The third kappa shape index (κ3) is 3.91. The molecule has 3 aliphatic rings. The van der Waals surface area contributed by atoms with Crippen LogP contribution in [0.4, 0.5) is 0 Å². The molecule has 3 atom stereocenters. The Kier molecular flexibility index (Phi) is 6.33. The number of rotatable bonds is 2. The second-order valence-corrected chi connectivity index (χ2v) is 6.81. The van der Waals surface area contributed by atoms with Crippen molar-refractivity contribution in [1.82, 2.24) is 15.1 Å². The van der Waals surface area contributed by atoms with Crippen LogP contribution in [0.25, 0.3) is 0 Å². The molecule has 0 saturated carbocycles. The molecule has 0 aromatic rings. The molecule has 3 unspecified atom stereocenters. The molecule has 21 heavy (non-hydrogen) atoms. The molecule has 0 aliphatic carbocycles. The average molecular weight is 316 g/mol. The highest BCUT2D eigenvalue weighted by Crippen LogP contribution is 2.24. The fourth-order valence-corrected chi connectivity index (χ4v) is 4.14. The number of nitrogens with zero attached hydrogens (tertiary/aromatic N) is 2. The first-order chi connectivity index (χ1) is 9.75. The van der Waals surface area contributed by atoms with E-state index in [-0.39, 0.29) is 18.3 Å². The van der Waals surface area contributed by atoms with Gasteiger partial charge < -0.3 is 10.2 Å². The highest BCUT2D eigenvalue weighted by atomic mass is 35.5. The van der Waals surface area contributed by atoms with Crippen molar-refractivity contribution in [3.63, 3.8) is 0 Å². The molecule has 3 fully saturated rings. The highest BCUT2D eigenvalue weighted by molar-refractivity contribution is 5.85. The molecule has 0 bridgehead atoms. The van der Waals surface area contributed by atoms with Crippen molar-refractivity contribution >= 4 is 18.3 Å². The van der Waals surface area contributed by atoms with Gasteiger partial charge in [-0.25, -0.2) is 0 Å². The van der Waals surface area contributed by atoms with Gasteiger partial charge in [0.2, 0.25) is 5.91 Å². The summed E-state index contributed by atoms with van der Waals surface area (Å²) < 4.78 is 0. The normalized spacial score (nSPS) is 34.5. The van der Waals surface area contributed by atoms with Crippen molar-refractivity contribution in [2.45, 2.75) is 57.5 Å². The molecule has 1 N–H and O–H groups in total. The molecule has 3 saturated heterocycles. The number of nitrogens with one attached hydrogen (secondary N) is 1. The van der Waals surface area contributed by atoms with E-state index in [0.29, 0.717) is 18.0 Å². The second kappa shape index (κ2) is 7.80. The van der Waals surface area contributed by atoms with Crippen LogP contribution >= 0.6 is 12.4 Å². The van der Waals surface area contributed by atoms with E-state index in [9.17, 15) is 4.79 Å². The number of likely N-dealkylation sites (tertiary alicyclic amines) is 2. The molecule has 3 aliphatic heterocycles. The standard InChI is InChI=1S/C16H29N3O.ClH/c1-13-15(6-5-8-17-13)16(20)19-11-7-14(12-19)18-9-3-2-4-10-18;/h13-15,17H,2-12H2,1H3;1H. The van der Waals surface area contributed by atoms with Gasteiger partial charge in [-0.3, -0.25) is 9.69 Å². The minimum Gasteiger partial charge on any atom is -0.341 e. The Morgan fingerprint density at radius 1 is 1.05 bits per heavy atom. The predicted octanol–water partition coefficient (Wildman–Crippen LogP) is 1.88. The van der Waals surface area contributed by atoms with E-state index in [2.05, 4.69) is 22.0 Å². The molecule has 3 heterocycles. The van der Waals surface area contributed by atoms with Crippen LogP contribution in [0, 0.1) is 5.92 Å². The first-order valence-electron chi connectivity index (χ1n) is 8.52. The summed E-state index contributed by atoms with van der Waals surface area (Å²) in [5.41, 5.74) is 0. The lowest BCUT2D eigenvalue weighted by Gasteiger charge is -2.34. The van der Waals surface area contributed by atoms with Gasteiger partial charge in [0.25, 0.3) is 0 Å². The average Bonchev–Trinajstić information content (AvgIpc) is 2.98. The Bertz CT molecular complexity index is 346. The number of carbonyl (C=O) groups is 1. The summed E-state index contributed by atoms with van der Waals surface area (Å²) in [6, 6.07) is 0.983. The third-order valence-corrected chi connectivity index (χ3v) is 5.46. The fraction of sp³-hybridized carbons (Fsp3) is 0.938. The van der Waals surface area contributed by atoms with E-state index in [1.807, 2.05) is 0 Å². The number of hydrogen-bond acceptors (Lipinski definition) is 3. The largest absolute Gasteiger partial charge is 0.341 e. The zero-order valence-corrected chi connectivity index (χ0v) is 14.0. The number of piperidine rings is 2. The Labute approximate surface area is 135 Å². The maximum atomic E-state index is 12.7. The van der Waals surface area contributed by atoms with E-state index in [4.69, 9.17) is 0 Å². The number of carbonyl (C=O) groups excluding carboxylic acids is 1. The van der Waals surface area contributed by atoms with Crippen LogP contribution in [0.3, 0.4) is 0 Å². The van der Waals surface area contributed by atoms with Gasteiger partial charge >= 0.3 is 0 Å². The van der Waals surface area contributed by atoms with Gasteiger partial charge in [-0.1, -0.05) is 6.42 Å². The van der Waals surface area contributed by atoms with E-state index in [0.717, 1.165) is 32.5 Å². The van der Waals surface area contributed by atoms with Gasteiger partial charge in [0, 0.05) is 25.2 Å². The summed E-state index contributed by atoms with van der Waals surface area (Å²) in [4.78, 5) is 17.5. The van der Waals surface area contributed by atoms with Crippen molar-refractivity contribution in [2.75, 3.05) is 32.7 Å². The number of halogens is 1. The van der Waals surface area contributed by atoms with Gasteiger partial charge in [-0.2, -0.15) is 0 Å². The minimum atomic E-state index is 0. The van der Waals surface area contributed by atoms with E-state index in [1.54, 1.807) is 0 Å². The fourth-order valence-electron chi connectivity index (χ4n) is 4.14. The monoisotopic (exact) mass is 315 g/mol. The van der Waals surface area contributed by atoms with Crippen molar-refractivity contribution in [3.05, 3.63) is 0 Å². The lowest BCUT2D eigenvalue weighted by molar-refractivity contribution is -0.136. The van der Waals surface area contributed by atoms with Gasteiger partial charge in [-0.05, 0) is 58.7 Å². The second-order valence-electron chi connectivity index (χ2n) is 6.81. The van der Waals surface area contributed by atoms with Gasteiger partial charge in [0.15, 0.2) is 0 Å². The Balaban J connectivity index is 0.00000161. The summed E-state index contributed by atoms with van der Waals surface area (Å²) in [6.07, 6.45) is 7.46. The van der Waals surface area contributed by atoms with Crippen LogP contribution in [0.1, 0.15) is 45.4 Å². The SMILES string of the molecule is CC1NCCCC1C(=O)N1CCC(N2CCCCC2)C1.Cl. The summed E-state index contributed by atoms with van der Waals surface area (Å²) >= 11 is 0. The molecule has 0 aromatic carbocycles. The summed E-state index contributed by atoms with van der Waals surface area (Å²) in [7, 11) is 0. The third-order valence-electron chi connectivity index (χ3n) is 5.46. The van der Waals surface area contributed by atoms with Crippen LogP contribution in [0.5, 0.6) is 0 Å². The minimum absolute atomic E-state index is 0. The maximum Gasteiger partial charge on any atom is 0.227 e. The first-order valence-corrected chi connectivity index (χ1v) is 8.52. The van der Waals surface area contributed by atoms with Crippen molar-refractivity contribution in [1.29, 1.82) is 0 Å². The number of amides is 1. The summed E-state index contributed by atoms with van der Waals surface area (Å²) in [5.74, 6) is 0.619. The van der Waals surface area contributed by atoms with Gasteiger partial charge in [-0.15, -0.1) is 12.4 Å². The zero-order valence-electron chi connectivity index (χ0n) is 13.2. The molecule has 0 spiro atoms. The van der Waals surface area contributed by atoms with Crippen LogP contribution in [0.2, 0.25) is 0 Å². The van der Waals surface area contributed by atoms with Crippen molar-refractivity contribution in [3.8, 4) is 0 Å². The number of hydrogen-bond donors (Lipinski definition) is 1. The quantitative estimate of drug-likeness (QED) is 0.845. The molecular formula is C16H30ClN3O. The molecule has 3 rings (SSSR count). The van der Waals surface area contributed by atoms with Crippen LogP contribution in [-0.2, 0) is 4.79 Å². The summed E-state index contributed by atoms with van der Waals surface area (Å²) in [6.45, 7) is 7.68. The topological polar surface area (TPSA) is 35.6 Å². The lowest BCUT2D eigenvalue weighted by atomic mass is 9.91. The van der Waals surface area contributed by atoms with Gasteiger partial charge in [0.05, 0.1) is 5.92 Å². The zero-order chi connectivity index (χ0) is 13.9. The highest BCUT2D eigenvalue weighted by Gasteiger charge is 2.36. The van der Waals surface area contributed by atoms with E-state index < -0.39 is 0 Å². The molecule has 0 radical (unpaired) electrons. The predicted molar refractivity (Wildman–Crippen MR) is 87.8 cm³/mol. The van der Waals surface area contributed by atoms with E-state index >= 15 is 0 Å². The smallest absolute Gasteiger partial charge is 0.227 e. The lowest BCUT2D eigenvalue weighted by Crippen LogP contribution is -2.48. The maximum absolute atomic E-state index is 12.7. The molecule has 5 heteroatoms. The molecular weight excluding hydrogens is 286 g/mol. The molecule has 122 valence electrons. The van der Waals surface area contributed by atoms with E-state index in [1.165, 1.54) is 38.8 Å². The summed E-state index contributed by atoms with van der Waals surface area (Å²) in [5, 5.41) is 3.45. The molecule has 1 amide bonds. The molecule has 0 aromatic heterocycles. The van der Waals surface area contributed by atoms with Crippen molar-refractivity contribution < 1.29 is 4.79 Å². The molecule has 4 nitrogen and oxygen atoms in total. The Morgan fingerprint density at radius 3 is 2.52 bits per heavy atom. The van der Waals surface area contributed by atoms with Crippen LogP contribution in [0.15, 0.2) is 0 Å². The Morgan fingerprint density at radius 2 is 1.81 bits per heavy atom. The van der Waals surface area contributed by atoms with Crippen LogP contribution < -0.4 is 5.32 Å². The van der Waals surface area contributed by atoms with Crippen molar-refractivity contribution in [2.24, 2.45) is 5.92 Å². The van der Waals surface area contributed by atoms with Gasteiger partial charge in [0.1, 0.15) is 0 Å². The Hall–Kier alpha value is -0.320. The first kappa shape index (κ1) is 17.0. The van der Waals surface area contributed by atoms with Crippen LogP contribution in [-0.4, -0.2) is 60.5 Å².